The Kier molecular flexibility index (Phi) is 8.09. The molecule has 10 heteroatoms. The lowest BCUT2D eigenvalue weighted by Crippen LogP contribution is -2.48. The molecule has 1 aromatic heterocycles. The number of hydrogen-bond donors (Lipinski definition) is 4. The molecule has 3 aliphatic rings. The molecule has 5 N–H and O–H groups in total. The Morgan fingerprint density at radius 1 is 1.15 bits per heavy atom. The van der Waals surface area contributed by atoms with Gasteiger partial charge in [0.05, 0.1) is 7.11 Å². The molecule has 2 saturated heterocycles. The molecular formula is C29H39N5O5. The molecule has 4 amide bonds. The number of amides is 4. The van der Waals surface area contributed by atoms with Gasteiger partial charge in [-0.25, -0.2) is 0 Å². The van der Waals surface area contributed by atoms with Crippen molar-refractivity contribution >= 4 is 34.5 Å². The number of aromatic amines is 1. The summed E-state index contributed by atoms with van der Waals surface area (Å²) in [6.07, 6.45) is 7.60. The fourth-order valence-electron chi connectivity index (χ4n) is 6.79. The molecule has 210 valence electrons. The number of nitrogens with two attached hydrogens (primary N) is 1. The van der Waals surface area contributed by atoms with E-state index in [-0.39, 0.29) is 42.5 Å². The molecule has 3 fully saturated rings. The van der Waals surface area contributed by atoms with Crippen molar-refractivity contribution in [3.8, 4) is 5.75 Å². The second-order valence-electron chi connectivity index (χ2n) is 11.3. The van der Waals surface area contributed by atoms with Gasteiger partial charge in [-0.3, -0.25) is 19.2 Å². The normalized spacial score (nSPS) is 24.5. The number of carbonyl (C=O) groups is 4. The van der Waals surface area contributed by atoms with E-state index in [9.17, 15) is 19.2 Å². The summed E-state index contributed by atoms with van der Waals surface area (Å²) in [6, 6.07) is 6.24. The lowest BCUT2D eigenvalue weighted by Gasteiger charge is -2.27. The monoisotopic (exact) mass is 537 g/mol. The van der Waals surface area contributed by atoms with E-state index in [4.69, 9.17) is 10.5 Å². The van der Waals surface area contributed by atoms with Gasteiger partial charge in [0.15, 0.2) is 0 Å². The van der Waals surface area contributed by atoms with E-state index < -0.39 is 11.9 Å². The third-order valence-corrected chi connectivity index (χ3v) is 8.88. The number of likely N-dealkylation sites (tertiary alicyclic amines) is 1. The van der Waals surface area contributed by atoms with Crippen LogP contribution in [0.1, 0.15) is 68.3 Å². The molecule has 3 heterocycles. The topological polar surface area (TPSA) is 147 Å². The number of aromatic nitrogens is 1. The third kappa shape index (κ3) is 5.89. The summed E-state index contributed by atoms with van der Waals surface area (Å²) in [6.45, 7) is 1.17. The number of hydrogen-bond acceptors (Lipinski definition) is 5. The van der Waals surface area contributed by atoms with Gasteiger partial charge < -0.3 is 31.0 Å². The quantitative estimate of drug-likeness (QED) is 0.388. The first-order chi connectivity index (χ1) is 18.8. The minimum atomic E-state index is -0.924. The van der Waals surface area contributed by atoms with Crippen molar-refractivity contribution in [2.45, 2.75) is 69.9 Å². The second-order valence-corrected chi connectivity index (χ2v) is 11.3. The summed E-state index contributed by atoms with van der Waals surface area (Å²) in [4.78, 5) is 56.2. The van der Waals surface area contributed by atoms with Crippen molar-refractivity contribution in [2.75, 3.05) is 20.2 Å². The number of methoxy groups -OCH3 is 1. The first-order valence-corrected chi connectivity index (χ1v) is 14.2. The van der Waals surface area contributed by atoms with Crippen LogP contribution >= 0.6 is 0 Å². The van der Waals surface area contributed by atoms with Crippen LogP contribution in [0.5, 0.6) is 5.75 Å². The zero-order valence-electron chi connectivity index (χ0n) is 22.5. The number of fused-ring (bicyclic) bond motifs is 1. The molecule has 39 heavy (non-hydrogen) atoms. The first kappa shape index (κ1) is 27.0. The van der Waals surface area contributed by atoms with Crippen molar-refractivity contribution in [3.05, 3.63) is 30.0 Å². The number of carbonyl (C=O) groups excluding carboxylic acids is 4. The zero-order valence-corrected chi connectivity index (χ0v) is 22.5. The minimum Gasteiger partial charge on any atom is -0.496 e. The predicted molar refractivity (Wildman–Crippen MR) is 146 cm³/mol. The van der Waals surface area contributed by atoms with Crippen molar-refractivity contribution < 1.29 is 23.9 Å². The zero-order chi connectivity index (χ0) is 27.5. The van der Waals surface area contributed by atoms with E-state index in [0.29, 0.717) is 42.8 Å². The summed E-state index contributed by atoms with van der Waals surface area (Å²) in [5.41, 5.74) is 6.86. The molecule has 2 aliphatic heterocycles. The SMILES string of the molecule is COc1cccc2[nH]c(C(=O)N3C[C@H](C4CCCCC4)C[C@H]3CC(=O)N[C@@H](C[C@@H]3CCNC3=O)C(N)=O)cc12. The summed E-state index contributed by atoms with van der Waals surface area (Å²) in [7, 11) is 1.60. The molecular weight excluding hydrogens is 498 g/mol. The molecule has 0 bridgehead atoms. The Labute approximate surface area is 228 Å². The smallest absolute Gasteiger partial charge is 0.270 e. The van der Waals surface area contributed by atoms with E-state index in [2.05, 4.69) is 15.6 Å². The maximum absolute atomic E-state index is 13.8. The van der Waals surface area contributed by atoms with Crippen LogP contribution in [0.15, 0.2) is 24.3 Å². The van der Waals surface area contributed by atoms with Gasteiger partial charge in [0, 0.05) is 42.4 Å². The third-order valence-electron chi connectivity index (χ3n) is 8.88. The highest BCUT2D eigenvalue weighted by atomic mass is 16.5. The Morgan fingerprint density at radius 3 is 2.64 bits per heavy atom. The summed E-state index contributed by atoms with van der Waals surface area (Å²) < 4.78 is 5.47. The Morgan fingerprint density at radius 2 is 1.95 bits per heavy atom. The van der Waals surface area contributed by atoms with E-state index in [1.807, 2.05) is 29.2 Å². The maximum Gasteiger partial charge on any atom is 0.270 e. The van der Waals surface area contributed by atoms with Crippen molar-refractivity contribution in [2.24, 2.45) is 23.5 Å². The fourth-order valence-corrected chi connectivity index (χ4v) is 6.79. The molecule has 2 aromatic rings. The van der Waals surface area contributed by atoms with Crippen LogP contribution in [-0.4, -0.2) is 65.8 Å². The molecule has 0 spiro atoms. The number of ether oxygens (including phenoxy) is 1. The number of primary amides is 1. The van der Waals surface area contributed by atoms with Gasteiger partial charge in [0.1, 0.15) is 17.5 Å². The molecule has 1 aromatic carbocycles. The predicted octanol–water partition coefficient (Wildman–Crippen LogP) is 2.47. The molecule has 1 aliphatic carbocycles. The molecule has 0 radical (unpaired) electrons. The summed E-state index contributed by atoms with van der Waals surface area (Å²) in [5.74, 6) is -0.0242. The largest absolute Gasteiger partial charge is 0.496 e. The van der Waals surface area contributed by atoms with Gasteiger partial charge in [-0.1, -0.05) is 38.2 Å². The standard InChI is InChI=1S/C29H39N5O5/c1-39-25-9-5-8-22-21(25)15-24(32-22)29(38)34-16-19(17-6-3-2-4-7-17)12-20(34)14-26(35)33-23(27(30)36)13-18-10-11-31-28(18)37/h5,8-9,15,17-20,23,32H,2-4,6-7,10-14,16H2,1H3,(H2,30,36)(H,31,37)(H,33,35)/t18-,19+,20-,23-/m0/s1. The van der Waals surface area contributed by atoms with Crippen LogP contribution in [0.4, 0.5) is 0 Å². The van der Waals surface area contributed by atoms with Crippen LogP contribution in [-0.2, 0) is 14.4 Å². The molecule has 10 nitrogen and oxygen atoms in total. The Hall–Kier alpha value is -3.56. The Balaban J connectivity index is 1.32. The fraction of sp³-hybridized carbons (Fsp3) is 0.586. The van der Waals surface area contributed by atoms with Crippen LogP contribution in [0.3, 0.4) is 0 Å². The van der Waals surface area contributed by atoms with Gasteiger partial charge >= 0.3 is 0 Å². The number of nitrogens with one attached hydrogen (secondary N) is 3. The molecule has 4 atom stereocenters. The first-order valence-electron chi connectivity index (χ1n) is 14.2. The molecule has 0 unspecified atom stereocenters. The lowest BCUT2D eigenvalue weighted by molar-refractivity contribution is -0.129. The number of H-pyrrole nitrogens is 1. The average Bonchev–Trinajstić information content (AvgIpc) is 3.66. The van der Waals surface area contributed by atoms with Crippen molar-refractivity contribution in [3.63, 3.8) is 0 Å². The number of benzene rings is 1. The van der Waals surface area contributed by atoms with Crippen molar-refractivity contribution in [1.29, 1.82) is 0 Å². The van der Waals surface area contributed by atoms with Gasteiger partial charge in [-0.05, 0) is 49.3 Å². The van der Waals surface area contributed by atoms with E-state index in [1.54, 1.807) is 7.11 Å². The summed E-state index contributed by atoms with van der Waals surface area (Å²) >= 11 is 0. The number of nitrogens with zero attached hydrogens (tertiary/aromatic N) is 1. The second kappa shape index (κ2) is 11.7. The van der Waals surface area contributed by atoms with E-state index >= 15 is 0 Å². The maximum atomic E-state index is 13.8. The van der Waals surface area contributed by atoms with Crippen LogP contribution in [0, 0.1) is 17.8 Å². The lowest BCUT2D eigenvalue weighted by atomic mass is 9.79. The van der Waals surface area contributed by atoms with Gasteiger partial charge in [-0.15, -0.1) is 0 Å². The van der Waals surface area contributed by atoms with Crippen LogP contribution in [0.25, 0.3) is 10.9 Å². The van der Waals surface area contributed by atoms with Gasteiger partial charge in [0.2, 0.25) is 17.7 Å². The van der Waals surface area contributed by atoms with Gasteiger partial charge in [-0.2, -0.15) is 0 Å². The summed E-state index contributed by atoms with van der Waals surface area (Å²) in [5, 5.41) is 6.35. The Bertz CT molecular complexity index is 1240. The molecule has 1 saturated carbocycles. The van der Waals surface area contributed by atoms with E-state index in [0.717, 1.165) is 30.2 Å². The molecule has 5 rings (SSSR count). The minimum absolute atomic E-state index is 0.0825. The highest BCUT2D eigenvalue weighted by Gasteiger charge is 2.41. The van der Waals surface area contributed by atoms with Crippen LogP contribution in [0.2, 0.25) is 0 Å². The number of rotatable bonds is 9. The van der Waals surface area contributed by atoms with Crippen LogP contribution < -0.4 is 21.1 Å². The highest BCUT2D eigenvalue weighted by Crippen LogP contribution is 2.39. The average molecular weight is 538 g/mol. The van der Waals surface area contributed by atoms with Gasteiger partial charge in [0.25, 0.3) is 5.91 Å². The van der Waals surface area contributed by atoms with E-state index in [1.165, 1.54) is 19.3 Å². The van der Waals surface area contributed by atoms with Crippen molar-refractivity contribution in [1.82, 2.24) is 20.5 Å². The highest BCUT2D eigenvalue weighted by molar-refractivity contribution is 6.00.